The molecule has 0 spiro atoms. The lowest BCUT2D eigenvalue weighted by atomic mass is 9.77. The van der Waals surface area contributed by atoms with Gasteiger partial charge in [0.05, 0.1) is 13.2 Å². The first-order valence-corrected chi connectivity index (χ1v) is 4.35. The summed E-state index contributed by atoms with van der Waals surface area (Å²) in [4.78, 5) is 10.4. The van der Waals surface area contributed by atoms with Crippen molar-refractivity contribution in [3.05, 3.63) is 0 Å². The van der Waals surface area contributed by atoms with Crippen molar-refractivity contribution in [2.45, 2.75) is 19.8 Å². The van der Waals surface area contributed by atoms with Crippen molar-refractivity contribution in [2.75, 3.05) is 13.2 Å². The lowest BCUT2D eigenvalue weighted by molar-refractivity contribution is -0.133. The molecule has 1 aliphatic carbocycles. The van der Waals surface area contributed by atoms with E-state index in [4.69, 9.17) is 4.74 Å². The summed E-state index contributed by atoms with van der Waals surface area (Å²) in [7, 11) is 0. The van der Waals surface area contributed by atoms with Gasteiger partial charge >= 0.3 is 0 Å². The van der Waals surface area contributed by atoms with Gasteiger partial charge < -0.3 is 9.53 Å². The van der Waals surface area contributed by atoms with Gasteiger partial charge in [-0.05, 0) is 18.8 Å². The second-order valence-corrected chi connectivity index (χ2v) is 3.85. The number of carbonyl (C=O) groups is 1. The standard InChI is InChI=1S/C9H14O2/c1-2-9(5-11-6-9)8-3-7(8)4-10/h4,7-8H,2-3,5-6H2,1H3/t7-,8+/m0/s1. The summed E-state index contributed by atoms with van der Waals surface area (Å²) < 4.78 is 5.21. The van der Waals surface area contributed by atoms with Crippen LogP contribution in [0.3, 0.4) is 0 Å². The fraction of sp³-hybridized carbons (Fsp3) is 0.889. The lowest BCUT2D eigenvalue weighted by Gasteiger charge is -2.41. The van der Waals surface area contributed by atoms with Gasteiger partial charge in [-0.25, -0.2) is 0 Å². The summed E-state index contributed by atoms with van der Waals surface area (Å²) in [6, 6.07) is 0. The molecule has 2 atom stereocenters. The Bertz CT molecular complexity index is 167. The number of carbonyl (C=O) groups excluding carboxylic acids is 1. The van der Waals surface area contributed by atoms with E-state index < -0.39 is 0 Å². The molecule has 2 heteroatoms. The van der Waals surface area contributed by atoms with Crippen LogP contribution in [-0.4, -0.2) is 19.5 Å². The monoisotopic (exact) mass is 154 g/mol. The average molecular weight is 154 g/mol. The van der Waals surface area contributed by atoms with Gasteiger partial charge in [0.25, 0.3) is 0 Å². The zero-order chi connectivity index (χ0) is 7.90. The highest BCUT2D eigenvalue weighted by atomic mass is 16.5. The van der Waals surface area contributed by atoms with Crippen molar-refractivity contribution in [2.24, 2.45) is 17.3 Å². The Kier molecular flexibility index (Phi) is 1.53. The van der Waals surface area contributed by atoms with E-state index in [1.165, 1.54) is 6.42 Å². The molecule has 62 valence electrons. The van der Waals surface area contributed by atoms with E-state index in [2.05, 4.69) is 6.92 Å². The molecular weight excluding hydrogens is 140 g/mol. The molecule has 2 fully saturated rings. The van der Waals surface area contributed by atoms with E-state index in [1.54, 1.807) is 0 Å². The Morgan fingerprint density at radius 1 is 1.64 bits per heavy atom. The Balaban J connectivity index is 1.98. The zero-order valence-corrected chi connectivity index (χ0v) is 6.88. The van der Waals surface area contributed by atoms with Crippen LogP contribution in [0, 0.1) is 17.3 Å². The van der Waals surface area contributed by atoms with Crippen molar-refractivity contribution in [3.8, 4) is 0 Å². The number of aldehydes is 1. The molecule has 0 amide bonds. The quantitative estimate of drug-likeness (QED) is 0.572. The lowest BCUT2D eigenvalue weighted by Crippen LogP contribution is -2.44. The molecule has 0 aromatic rings. The minimum absolute atomic E-state index is 0.360. The first-order valence-electron chi connectivity index (χ1n) is 4.35. The minimum atomic E-state index is 0.360. The molecule has 1 heterocycles. The van der Waals surface area contributed by atoms with Gasteiger partial charge in [0, 0.05) is 11.3 Å². The first-order chi connectivity index (χ1) is 5.32. The first kappa shape index (κ1) is 7.29. The summed E-state index contributed by atoms with van der Waals surface area (Å²) in [5.74, 6) is 1.01. The fourth-order valence-corrected chi connectivity index (χ4v) is 2.11. The van der Waals surface area contributed by atoms with Crippen LogP contribution in [0.1, 0.15) is 19.8 Å². The van der Waals surface area contributed by atoms with E-state index >= 15 is 0 Å². The fourth-order valence-electron chi connectivity index (χ4n) is 2.11. The summed E-state index contributed by atoms with van der Waals surface area (Å²) in [5.41, 5.74) is 0.394. The van der Waals surface area contributed by atoms with Gasteiger partial charge in [-0.15, -0.1) is 0 Å². The normalized spacial score (nSPS) is 39.4. The Morgan fingerprint density at radius 3 is 2.64 bits per heavy atom. The molecule has 1 aliphatic heterocycles. The van der Waals surface area contributed by atoms with Gasteiger partial charge in [-0.3, -0.25) is 0 Å². The smallest absolute Gasteiger partial charge is 0.123 e. The van der Waals surface area contributed by atoms with Crippen LogP contribution in [0.2, 0.25) is 0 Å². The molecule has 11 heavy (non-hydrogen) atoms. The van der Waals surface area contributed by atoms with Crippen LogP contribution in [0.25, 0.3) is 0 Å². The summed E-state index contributed by atoms with van der Waals surface area (Å²) in [5, 5.41) is 0. The third-order valence-corrected chi connectivity index (χ3v) is 3.28. The predicted octanol–water partition coefficient (Wildman–Crippen LogP) is 1.25. The molecule has 0 bridgehead atoms. The second-order valence-electron chi connectivity index (χ2n) is 3.85. The van der Waals surface area contributed by atoms with Crippen molar-refractivity contribution < 1.29 is 9.53 Å². The van der Waals surface area contributed by atoms with E-state index in [0.717, 1.165) is 25.9 Å². The Morgan fingerprint density at radius 2 is 2.36 bits per heavy atom. The molecule has 0 aromatic carbocycles. The molecule has 0 aromatic heterocycles. The van der Waals surface area contributed by atoms with Crippen molar-refractivity contribution in [3.63, 3.8) is 0 Å². The maximum absolute atomic E-state index is 10.4. The zero-order valence-electron chi connectivity index (χ0n) is 6.88. The van der Waals surface area contributed by atoms with Crippen LogP contribution >= 0.6 is 0 Å². The molecule has 2 aliphatic rings. The molecule has 2 nitrogen and oxygen atoms in total. The third-order valence-electron chi connectivity index (χ3n) is 3.28. The second kappa shape index (κ2) is 2.31. The molecule has 0 N–H and O–H groups in total. The van der Waals surface area contributed by atoms with Gasteiger partial charge in [-0.2, -0.15) is 0 Å². The molecule has 1 saturated carbocycles. The Hall–Kier alpha value is -0.370. The van der Waals surface area contributed by atoms with E-state index in [1.807, 2.05) is 0 Å². The van der Waals surface area contributed by atoms with Crippen LogP contribution in [0.5, 0.6) is 0 Å². The topological polar surface area (TPSA) is 26.3 Å². The number of hydrogen-bond donors (Lipinski definition) is 0. The van der Waals surface area contributed by atoms with Gasteiger partial charge in [0.15, 0.2) is 0 Å². The number of ether oxygens (including phenoxy) is 1. The van der Waals surface area contributed by atoms with Crippen molar-refractivity contribution in [1.29, 1.82) is 0 Å². The molecule has 1 saturated heterocycles. The average Bonchev–Trinajstić information content (AvgIpc) is 2.67. The Labute approximate surface area is 66.9 Å². The summed E-state index contributed by atoms with van der Waals surface area (Å²) >= 11 is 0. The highest BCUT2D eigenvalue weighted by Crippen LogP contribution is 2.55. The van der Waals surface area contributed by atoms with E-state index in [-0.39, 0.29) is 0 Å². The van der Waals surface area contributed by atoms with Crippen LogP contribution in [0.4, 0.5) is 0 Å². The maximum atomic E-state index is 10.4. The number of hydrogen-bond acceptors (Lipinski definition) is 2. The SMILES string of the molecule is CCC1([C@@H]2C[C@H]2C=O)COC1. The largest absolute Gasteiger partial charge is 0.380 e. The highest BCUT2D eigenvalue weighted by Gasteiger charge is 2.55. The van der Waals surface area contributed by atoms with Crippen molar-refractivity contribution >= 4 is 6.29 Å². The molecular formula is C9H14O2. The van der Waals surface area contributed by atoms with Gasteiger partial charge in [-0.1, -0.05) is 6.92 Å². The molecule has 0 unspecified atom stereocenters. The molecule has 0 radical (unpaired) electrons. The van der Waals surface area contributed by atoms with Crippen LogP contribution in [0.15, 0.2) is 0 Å². The van der Waals surface area contributed by atoms with Crippen LogP contribution in [-0.2, 0) is 9.53 Å². The summed E-state index contributed by atoms with van der Waals surface area (Å²) in [6.07, 6.45) is 3.39. The molecule has 2 rings (SSSR count). The van der Waals surface area contributed by atoms with Gasteiger partial charge in [0.1, 0.15) is 6.29 Å². The highest BCUT2D eigenvalue weighted by molar-refractivity contribution is 5.58. The predicted molar refractivity (Wildman–Crippen MR) is 41.2 cm³/mol. The minimum Gasteiger partial charge on any atom is -0.380 e. The summed E-state index contributed by atoms with van der Waals surface area (Å²) in [6.45, 7) is 3.97. The maximum Gasteiger partial charge on any atom is 0.123 e. The van der Waals surface area contributed by atoms with Crippen molar-refractivity contribution in [1.82, 2.24) is 0 Å². The van der Waals surface area contributed by atoms with E-state index in [0.29, 0.717) is 17.3 Å². The van der Waals surface area contributed by atoms with Crippen LogP contribution < -0.4 is 0 Å². The van der Waals surface area contributed by atoms with Gasteiger partial charge in [0.2, 0.25) is 0 Å². The third kappa shape index (κ3) is 0.924. The van der Waals surface area contributed by atoms with E-state index in [9.17, 15) is 4.79 Å². The number of rotatable bonds is 3.